The van der Waals surface area contributed by atoms with Gasteiger partial charge in [-0.2, -0.15) is 0 Å². The van der Waals surface area contributed by atoms with E-state index in [0.717, 1.165) is 21.9 Å². The van der Waals surface area contributed by atoms with Crippen molar-refractivity contribution in [1.82, 2.24) is 10.6 Å². The number of nitrogens with one attached hydrogen (secondary N) is 2. The van der Waals surface area contributed by atoms with Crippen LogP contribution < -0.4 is 10.6 Å². The second-order valence-corrected chi connectivity index (χ2v) is 9.05. The summed E-state index contributed by atoms with van der Waals surface area (Å²) in [5.74, 6) is 1.79. The van der Waals surface area contributed by atoms with Gasteiger partial charge in [-0.05, 0) is 50.0 Å². The van der Waals surface area contributed by atoms with Crippen molar-refractivity contribution in [3.05, 3.63) is 34.2 Å². The summed E-state index contributed by atoms with van der Waals surface area (Å²) < 4.78 is 0.969. The summed E-state index contributed by atoms with van der Waals surface area (Å²) in [5.41, 5.74) is 0. The SMILES string of the molecule is C[C@@H](NC(=O)CNC(=O)c1sc2ccccc2c1Cl)[C@H]1C[C@@H]2CC[C@@H]1C2. The van der Waals surface area contributed by atoms with Crippen LogP contribution in [-0.2, 0) is 4.79 Å². The molecule has 2 fully saturated rings. The number of thiophene rings is 1. The first-order valence-corrected chi connectivity index (χ1v) is 10.5. The molecule has 2 aromatic rings. The summed E-state index contributed by atoms with van der Waals surface area (Å²) in [5, 5.41) is 7.11. The number of hydrogen-bond acceptors (Lipinski definition) is 3. The van der Waals surface area contributed by atoms with E-state index in [9.17, 15) is 9.59 Å². The van der Waals surface area contributed by atoms with Crippen molar-refractivity contribution in [2.24, 2.45) is 17.8 Å². The first-order chi connectivity index (χ1) is 12.5. The maximum Gasteiger partial charge on any atom is 0.263 e. The summed E-state index contributed by atoms with van der Waals surface area (Å²) >= 11 is 7.67. The number of rotatable bonds is 5. The van der Waals surface area contributed by atoms with Gasteiger partial charge in [0, 0.05) is 16.1 Å². The van der Waals surface area contributed by atoms with Crippen LogP contribution in [-0.4, -0.2) is 24.4 Å². The first kappa shape index (κ1) is 17.8. The number of hydrogen-bond donors (Lipinski definition) is 2. The van der Waals surface area contributed by atoms with Crippen LogP contribution in [0.25, 0.3) is 10.1 Å². The third-order valence-electron chi connectivity index (χ3n) is 5.97. The second kappa shape index (κ2) is 7.20. The van der Waals surface area contributed by atoms with Gasteiger partial charge in [0.25, 0.3) is 5.91 Å². The quantitative estimate of drug-likeness (QED) is 0.802. The predicted molar refractivity (Wildman–Crippen MR) is 106 cm³/mol. The van der Waals surface area contributed by atoms with Gasteiger partial charge in [-0.15, -0.1) is 11.3 Å². The molecular weight excluding hydrogens is 368 g/mol. The lowest BCUT2D eigenvalue weighted by atomic mass is 9.84. The Kier molecular flexibility index (Phi) is 4.93. The number of benzene rings is 1. The Balaban J connectivity index is 1.32. The average molecular weight is 391 g/mol. The van der Waals surface area contributed by atoms with E-state index in [-0.39, 0.29) is 24.4 Å². The number of amides is 2. The van der Waals surface area contributed by atoms with Crippen LogP contribution in [0.5, 0.6) is 0 Å². The minimum absolute atomic E-state index is 0.0193. The normalized spacial score (nSPS) is 25.4. The van der Waals surface area contributed by atoms with Crippen LogP contribution >= 0.6 is 22.9 Å². The molecule has 0 saturated heterocycles. The number of carbonyl (C=O) groups is 2. The van der Waals surface area contributed by atoms with Gasteiger partial charge in [0.2, 0.25) is 5.91 Å². The van der Waals surface area contributed by atoms with E-state index in [0.29, 0.717) is 15.8 Å². The molecule has 2 N–H and O–H groups in total. The molecule has 1 aromatic carbocycles. The molecule has 0 spiro atoms. The topological polar surface area (TPSA) is 58.2 Å². The van der Waals surface area contributed by atoms with E-state index >= 15 is 0 Å². The minimum atomic E-state index is -0.293. The largest absolute Gasteiger partial charge is 0.352 e. The molecule has 2 amide bonds. The fourth-order valence-corrected chi connectivity index (χ4v) is 6.15. The van der Waals surface area contributed by atoms with Crippen LogP contribution in [0.4, 0.5) is 0 Å². The molecule has 138 valence electrons. The molecular formula is C20H23ClN2O2S. The van der Waals surface area contributed by atoms with E-state index < -0.39 is 0 Å². The molecule has 4 rings (SSSR count). The van der Waals surface area contributed by atoms with Crippen LogP contribution in [0, 0.1) is 17.8 Å². The highest BCUT2D eigenvalue weighted by Crippen LogP contribution is 2.49. The smallest absolute Gasteiger partial charge is 0.263 e. The van der Waals surface area contributed by atoms with Gasteiger partial charge in [0.05, 0.1) is 11.6 Å². The van der Waals surface area contributed by atoms with Gasteiger partial charge in [-0.1, -0.05) is 36.2 Å². The van der Waals surface area contributed by atoms with Crippen LogP contribution in [0.1, 0.15) is 42.3 Å². The van der Waals surface area contributed by atoms with Crippen LogP contribution in [0.2, 0.25) is 5.02 Å². The lowest BCUT2D eigenvalue weighted by molar-refractivity contribution is -0.121. The molecule has 6 heteroatoms. The van der Waals surface area contributed by atoms with Crippen molar-refractivity contribution < 1.29 is 9.59 Å². The van der Waals surface area contributed by atoms with E-state index in [4.69, 9.17) is 11.6 Å². The zero-order valence-electron chi connectivity index (χ0n) is 14.8. The second-order valence-electron chi connectivity index (χ2n) is 7.62. The summed E-state index contributed by atoms with van der Waals surface area (Å²) in [7, 11) is 0. The molecule has 2 bridgehead atoms. The Hall–Kier alpha value is -1.59. The highest BCUT2D eigenvalue weighted by Gasteiger charge is 2.42. The lowest BCUT2D eigenvalue weighted by Crippen LogP contribution is -2.44. The third-order valence-corrected chi connectivity index (χ3v) is 7.65. The summed E-state index contributed by atoms with van der Waals surface area (Å²) in [4.78, 5) is 25.1. The zero-order valence-corrected chi connectivity index (χ0v) is 16.3. The molecule has 1 heterocycles. The van der Waals surface area contributed by atoms with Crippen LogP contribution in [0.15, 0.2) is 24.3 Å². The van der Waals surface area contributed by atoms with Gasteiger partial charge in [-0.3, -0.25) is 9.59 Å². The molecule has 0 unspecified atom stereocenters. The van der Waals surface area contributed by atoms with Gasteiger partial charge < -0.3 is 10.6 Å². The molecule has 2 aliphatic carbocycles. The molecule has 4 atom stereocenters. The Morgan fingerprint density at radius 3 is 2.77 bits per heavy atom. The van der Waals surface area contributed by atoms with Crippen molar-refractivity contribution in [2.45, 2.75) is 38.6 Å². The molecule has 0 radical (unpaired) electrons. The summed E-state index contributed by atoms with van der Waals surface area (Å²) in [6.45, 7) is 2.07. The molecule has 2 aliphatic rings. The fourth-order valence-electron chi connectivity index (χ4n) is 4.72. The van der Waals surface area contributed by atoms with Gasteiger partial charge >= 0.3 is 0 Å². The lowest BCUT2D eigenvalue weighted by Gasteiger charge is -2.28. The van der Waals surface area contributed by atoms with Crippen molar-refractivity contribution in [3.63, 3.8) is 0 Å². The summed E-state index contributed by atoms with van der Waals surface area (Å²) in [6.07, 6.45) is 5.21. The van der Waals surface area contributed by atoms with Crippen molar-refractivity contribution >= 4 is 44.8 Å². The molecule has 4 nitrogen and oxygen atoms in total. The third kappa shape index (κ3) is 3.35. The average Bonchev–Trinajstić information content (AvgIpc) is 3.34. The van der Waals surface area contributed by atoms with E-state index in [1.165, 1.54) is 37.0 Å². The Morgan fingerprint density at radius 2 is 2.08 bits per heavy atom. The van der Waals surface area contributed by atoms with Gasteiger partial charge in [0.1, 0.15) is 4.88 Å². The van der Waals surface area contributed by atoms with Crippen molar-refractivity contribution in [3.8, 4) is 0 Å². The zero-order chi connectivity index (χ0) is 18.3. The number of carbonyl (C=O) groups excluding carboxylic acids is 2. The Bertz CT molecular complexity index is 849. The molecule has 0 aliphatic heterocycles. The van der Waals surface area contributed by atoms with E-state index in [1.54, 1.807) is 0 Å². The molecule has 26 heavy (non-hydrogen) atoms. The standard InChI is InChI=1S/C20H23ClN2O2S/c1-11(15-9-12-6-7-13(15)8-12)23-17(24)10-22-20(25)19-18(21)14-4-2-3-5-16(14)26-19/h2-5,11-13,15H,6-10H2,1H3,(H,22,25)(H,23,24)/t11-,12-,13-,15-/m1/s1. The molecule has 1 aromatic heterocycles. The van der Waals surface area contributed by atoms with Crippen LogP contribution in [0.3, 0.4) is 0 Å². The molecule has 2 saturated carbocycles. The maximum atomic E-state index is 12.4. The number of halogens is 1. The minimum Gasteiger partial charge on any atom is -0.352 e. The van der Waals surface area contributed by atoms with E-state index in [1.807, 2.05) is 24.3 Å². The first-order valence-electron chi connectivity index (χ1n) is 9.27. The highest BCUT2D eigenvalue weighted by atomic mass is 35.5. The van der Waals surface area contributed by atoms with Gasteiger partial charge in [0.15, 0.2) is 0 Å². The Labute approximate surface area is 162 Å². The Morgan fingerprint density at radius 1 is 1.27 bits per heavy atom. The monoisotopic (exact) mass is 390 g/mol. The van der Waals surface area contributed by atoms with Crippen molar-refractivity contribution in [2.75, 3.05) is 6.54 Å². The van der Waals surface area contributed by atoms with E-state index in [2.05, 4.69) is 17.6 Å². The number of fused-ring (bicyclic) bond motifs is 3. The summed E-state index contributed by atoms with van der Waals surface area (Å²) in [6, 6.07) is 7.82. The highest BCUT2D eigenvalue weighted by molar-refractivity contribution is 7.21. The van der Waals surface area contributed by atoms with Crippen molar-refractivity contribution in [1.29, 1.82) is 0 Å². The predicted octanol–water partition coefficient (Wildman–Crippen LogP) is 4.23. The maximum absolute atomic E-state index is 12.4. The van der Waals surface area contributed by atoms with Gasteiger partial charge in [-0.25, -0.2) is 0 Å². The fraction of sp³-hybridized carbons (Fsp3) is 0.500.